The Hall–Kier alpha value is -0.790. The average Bonchev–Trinajstić information content (AvgIpc) is 3.06. The zero-order valence-corrected chi connectivity index (χ0v) is 13.3. The Labute approximate surface area is 125 Å². The Kier molecular flexibility index (Phi) is 6.45. The van der Waals surface area contributed by atoms with Gasteiger partial charge >= 0.3 is 0 Å². The van der Waals surface area contributed by atoms with E-state index < -0.39 is 0 Å². The average molecular weight is 363 g/mol. The molecule has 1 fully saturated rings. The molecular weight excluding hydrogens is 341 g/mol. The van der Waals surface area contributed by atoms with Gasteiger partial charge in [-0.15, -0.1) is 24.0 Å². The number of aryl methyl sites for hydroxylation is 1. The lowest BCUT2D eigenvalue weighted by Crippen LogP contribution is -2.37. The van der Waals surface area contributed by atoms with Crippen LogP contribution in [0.1, 0.15) is 25.0 Å². The second-order valence-electron chi connectivity index (χ2n) is 4.53. The summed E-state index contributed by atoms with van der Waals surface area (Å²) >= 11 is 0. The predicted molar refractivity (Wildman–Crippen MR) is 84.2 cm³/mol. The van der Waals surface area contributed by atoms with Gasteiger partial charge in [0.15, 0.2) is 5.96 Å². The highest BCUT2D eigenvalue weighted by Crippen LogP contribution is 2.31. The number of aliphatic imine (C=N–C) groups is 1. The molecular formula is C12H22IN5. The number of hydrogen-bond donors (Lipinski definition) is 2. The molecule has 0 aromatic carbocycles. The van der Waals surface area contributed by atoms with Crippen molar-refractivity contribution < 1.29 is 0 Å². The molecule has 1 aromatic heterocycles. The normalized spacial score (nSPS) is 15.1. The summed E-state index contributed by atoms with van der Waals surface area (Å²) in [6.45, 7) is 1.76. The largest absolute Gasteiger partial charge is 0.356 e. The standard InChI is InChI=1S/C12H21N5.HI/c1-13-12(14-7-5-10-3-4-10)15-9-11-6-8-16-17(11)2;/h6,8,10H,3-5,7,9H2,1-2H3,(H2,13,14,15);1H. The van der Waals surface area contributed by atoms with Crippen molar-refractivity contribution in [2.45, 2.75) is 25.8 Å². The number of nitrogens with zero attached hydrogens (tertiary/aromatic N) is 3. The second-order valence-corrected chi connectivity index (χ2v) is 4.53. The van der Waals surface area contributed by atoms with Crippen LogP contribution in [-0.2, 0) is 13.6 Å². The van der Waals surface area contributed by atoms with Gasteiger partial charge in [-0.2, -0.15) is 5.10 Å². The summed E-state index contributed by atoms with van der Waals surface area (Å²) in [6, 6.07) is 2.00. The molecule has 18 heavy (non-hydrogen) atoms. The molecule has 2 N–H and O–H groups in total. The van der Waals surface area contributed by atoms with Crippen LogP contribution >= 0.6 is 24.0 Å². The van der Waals surface area contributed by atoms with Gasteiger partial charge in [0.25, 0.3) is 0 Å². The van der Waals surface area contributed by atoms with Crippen molar-refractivity contribution >= 4 is 29.9 Å². The van der Waals surface area contributed by atoms with Gasteiger partial charge in [0.1, 0.15) is 0 Å². The smallest absolute Gasteiger partial charge is 0.191 e. The Balaban J connectivity index is 0.00000162. The van der Waals surface area contributed by atoms with E-state index in [2.05, 4.69) is 20.7 Å². The van der Waals surface area contributed by atoms with Crippen LogP contribution in [0.3, 0.4) is 0 Å². The van der Waals surface area contributed by atoms with Gasteiger partial charge in [0.05, 0.1) is 12.2 Å². The van der Waals surface area contributed by atoms with E-state index in [9.17, 15) is 0 Å². The molecule has 1 aliphatic carbocycles. The molecule has 1 aliphatic rings. The van der Waals surface area contributed by atoms with Crippen LogP contribution in [0, 0.1) is 5.92 Å². The number of nitrogens with one attached hydrogen (secondary N) is 2. The minimum absolute atomic E-state index is 0. The van der Waals surface area contributed by atoms with Gasteiger partial charge in [0.2, 0.25) is 0 Å². The fourth-order valence-electron chi connectivity index (χ4n) is 1.77. The maximum absolute atomic E-state index is 4.20. The first-order chi connectivity index (χ1) is 8.29. The van der Waals surface area contributed by atoms with E-state index in [1.165, 1.54) is 19.3 Å². The lowest BCUT2D eigenvalue weighted by molar-refractivity contribution is 0.665. The molecule has 0 radical (unpaired) electrons. The molecule has 0 aliphatic heterocycles. The third kappa shape index (κ3) is 4.83. The van der Waals surface area contributed by atoms with Crippen LogP contribution in [0.25, 0.3) is 0 Å². The Morgan fingerprint density at radius 3 is 2.83 bits per heavy atom. The maximum Gasteiger partial charge on any atom is 0.191 e. The molecule has 1 saturated carbocycles. The number of halogens is 1. The van der Waals surface area contributed by atoms with Crippen molar-refractivity contribution in [3.05, 3.63) is 18.0 Å². The first-order valence-corrected chi connectivity index (χ1v) is 6.21. The fourth-order valence-corrected chi connectivity index (χ4v) is 1.77. The van der Waals surface area contributed by atoms with Crippen LogP contribution in [0.2, 0.25) is 0 Å². The second kappa shape index (κ2) is 7.60. The predicted octanol–water partition coefficient (Wildman–Crippen LogP) is 1.50. The minimum atomic E-state index is 0. The first kappa shape index (κ1) is 15.3. The van der Waals surface area contributed by atoms with Crippen LogP contribution in [0.15, 0.2) is 17.3 Å². The minimum Gasteiger partial charge on any atom is -0.356 e. The van der Waals surface area contributed by atoms with Crippen LogP contribution < -0.4 is 10.6 Å². The SMILES string of the molecule is CN=C(NCCC1CC1)NCc1ccnn1C.I. The summed E-state index contributed by atoms with van der Waals surface area (Å²) in [7, 11) is 3.75. The molecule has 5 nitrogen and oxygen atoms in total. The highest BCUT2D eigenvalue weighted by atomic mass is 127. The van der Waals surface area contributed by atoms with Crippen LogP contribution in [0.4, 0.5) is 0 Å². The zero-order valence-electron chi connectivity index (χ0n) is 11.0. The third-order valence-corrected chi connectivity index (χ3v) is 3.12. The van der Waals surface area contributed by atoms with Crippen molar-refractivity contribution in [2.75, 3.05) is 13.6 Å². The van der Waals surface area contributed by atoms with Crippen molar-refractivity contribution in [1.82, 2.24) is 20.4 Å². The molecule has 2 rings (SSSR count). The van der Waals surface area contributed by atoms with Crippen molar-refractivity contribution in [3.8, 4) is 0 Å². The van der Waals surface area contributed by atoms with Crippen molar-refractivity contribution in [1.29, 1.82) is 0 Å². The van der Waals surface area contributed by atoms with E-state index in [-0.39, 0.29) is 24.0 Å². The molecule has 0 bridgehead atoms. The van der Waals surface area contributed by atoms with E-state index in [0.717, 1.165) is 30.7 Å². The number of rotatable bonds is 5. The zero-order chi connectivity index (χ0) is 12.1. The van der Waals surface area contributed by atoms with Gasteiger partial charge in [-0.3, -0.25) is 9.67 Å². The van der Waals surface area contributed by atoms with Crippen molar-refractivity contribution in [2.24, 2.45) is 18.0 Å². The summed E-state index contributed by atoms with van der Waals surface area (Å²) in [5.41, 5.74) is 1.15. The Morgan fingerprint density at radius 1 is 1.50 bits per heavy atom. The summed E-state index contributed by atoms with van der Waals surface area (Å²) < 4.78 is 1.87. The van der Waals surface area contributed by atoms with Gasteiger partial charge < -0.3 is 10.6 Å². The van der Waals surface area contributed by atoms with E-state index in [4.69, 9.17) is 0 Å². The van der Waals surface area contributed by atoms with Gasteiger partial charge in [-0.05, 0) is 18.4 Å². The first-order valence-electron chi connectivity index (χ1n) is 6.21. The quantitative estimate of drug-likeness (QED) is 0.474. The topological polar surface area (TPSA) is 54.2 Å². The molecule has 0 amide bonds. The van der Waals surface area contributed by atoms with Crippen molar-refractivity contribution in [3.63, 3.8) is 0 Å². The highest BCUT2D eigenvalue weighted by Gasteiger charge is 2.20. The lowest BCUT2D eigenvalue weighted by atomic mass is 10.3. The molecule has 0 saturated heterocycles. The lowest BCUT2D eigenvalue weighted by Gasteiger charge is -2.11. The van der Waals surface area contributed by atoms with E-state index in [1.807, 2.05) is 17.8 Å². The fraction of sp³-hybridized carbons (Fsp3) is 0.667. The molecule has 1 aromatic rings. The summed E-state index contributed by atoms with van der Waals surface area (Å²) in [5, 5.41) is 10.7. The Bertz CT molecular complexity index is 384. The molecule has 1 heterocycles. The molecule has 0 spiro atoms. The third-order valence-electron chi connectivity index (χ3n) is 3.12. The molecule has 0 atom stereocenters. The van der Waals surface area contributed by atoms with Crippen LogP contribution in [-0.4, -0.2) is 29.3 Å². The van der Waals surface area contributed by atoms with Gasteiger partial charge in [-0.1, -0.05) is 12.8 Å². The molecule has 6 heteroatoms. The van der Waals surface area contributed by atoms with Gasteiger partial charge in [0, 0.05) is 26.8 Å². The summed E-state index contributed by atoms with van der Waals surface area (Å²) in [6.07, 6.45) is 5.87. The van der Waals surface area contributed by atoms with E-state index in [1.54, 1.807) is 13.2 Å². The number of guanidine groups is 1. The maximum atomic E-state index is 4.20. The summed E-state index contributed by atoms with van der Waals surface area (Å²) in [5.74, 6) is 1.82. The Morgan fingerprint density at radius 2 is 2.28 bits per heavy atom. The number of hydrogen-bond acceptors (Lipinski definition) is 2. The van der Waals surface area contributed by atoms with Crippen LogP contribution in [0.5, 0.6) is 0 Å². The summed E-state index contributed by atoms with van der Waals surface area (Å²) in [4.78, 5) is 4.20. The molecule has 0 unspecified atom stereocenters. The molecule has 102 valence electrons. The van der Waals surface area contributed by atoms with E-state index >= 15 is 0 Å². The highest BCUT2D eigenvalue weighted by molar-refractivity contribution is 14.0. The van der Waals surface area contributed by atoms with Gasteiger partial charge in [-0.25, -0.2) is 0 Å². The monoisotopic (exact) mass is 363 g/mol. The number of aromatic nitrogens is 2. The van der Waals surface area contributed by atoms with E-state index in [0.29, 0.717) is 0 Å².